The normalized spacial score (nSPS) is 10.9. The molecule has 31 heavy (non-hydrogen) atoms. The quantitative estimate of drug-likeness (QED) is 0.503. The Hall–Kier alpha value is -4.18. The molecule has 0 fully saturated rings. The molecule has 0 atom stereocenters. The molecule has 0 unspecified atom stereocenters. The van der Waals surface area contributed by atoms with E-state index in [1.807, 2.05) is 18.2 Å². The van der Waals surface area contributed by atoms with Gasteiger partial charge in [0.1, 0.15) is 23.0 Å². The number of nitrogens with zero attached hydrogens (tertiary/aromatic N) is 2. The maximum absolute atomic E-state index is 13.4. The molecule has 154 valence electrons. The second-order valence-corrected chi connectivity index (χ2v) is 7.21. The Balaban J connectivity index is 1.92. The van der Waals surface area contributed by atoms with Crippen molar-refractivity contribution in [2.45, 2.75) is 20.4 Å². The number of ketones is 1. The highest BCUT2D eigenvalue weighted by molar-refractivity contribution is 6.12. The first-order valence-corrected chi connectivity index (χ1v) is 9.47. The number of aromatic hydroxyl groups is 1. The molecule has 0 saturated carbocycles. The number of para-hydroxylation sites is 1. The molecule has 1 N–H and O–H groups in total. The third-order valence-corrected chi connectivity index (χ3v) is 5.33. The van der Waals surface area contributed by atoms with Gasteiger partial charge in [0.2, 0.25) is 11.7 Å². The minimum absolute atomic E-state index is 0.0236. The van der Waals surface area contributed by atoms with Crippen LogP contribution in [0.4, 0.5) is 4.39 Å². The largest absolute Gasteiger partial charge is 0.494 e. The van der Waals surface area contributed by atoms with Gasteiger partial charge in [-0.1, -0.05) is 30.3 Å². The summed E-state index contributed by atoms with van der Waals surface area (Å²) in [6, 6.07) is 14.3. The van der Waals surface area contributed by atoms with E-state index in [1.165, 1.54) is 31.2 Å². The van der Waals surface area contributed by atoms with Crippen molar-refractivity contribution in [2.75, 3.05) is 0 Å². The molecular weight excluding hydrogens is 399 g/mol. The molecule has 7 heteroatoms. The molecule has 6 nitrogen and oxygen atoms in total. The minimum Gasteiger partial charge on any atom is -0.494 e. The van der Waals surface area contributed by atoms with Crippen LogP contribution in [-0.4, -0.2) is 15.5 Å². The van der Waals surface area contributed by atoms with Crippen LogP contribution in [0.1, 0.15) is 38.4 Å². The third-order valence-electron chi connectivity index (χ3n) is 5.33. The van der Waals surface area contributed by atoms with Crippen LogP contribution in [0.2, 0.25) is 0 Å². The zero-order chi connectivity index (χ0) is 22.3. The third kappa shape index (κ3) is 3.28. The number of pyridine rings is 1. The van der Waals surface area contributed by atoms with Crippen molar-refractivity contribution < 1.29 is 18.7 Å². The molecule has 0 radical (unpaired) electrons. The van der Waals surface area contributed by atoms with Gasteiger partial charge in [-0.25, -0.2) is 4.39 Å². The van der Waals surface area contributed by atoms with Gasteiger partial charge >= 0.3 is 0 Å². The monoisotopic (exact) mass is 416 g/mol. The number of hydrogen-bond acceptors (Lipinski definition) is 5. The highest BCUT2D eigenvalue weighted by Gasteiger charge is 2.28. The maximum atomic E-state index is 13.4. The Morgan fingerprint density at radius 1 is 1.13 bits per heavy atom. The standard InChI is InChI=1S/C24H17FN2O4/c1-13-18(11-26)23(29)27(12-15-7-9-16(25)10-8-15)24(30)20(13)21(28)22-14(2)17-5-3-4-6-19(17)31-22/h3-10,30H,12H2,1-2H3. The summed E-state index contributed by atoms with van der Waals surface area (Å²) in [4.78, 5) is 26.2. The van der Waals surface area contributed by atoms with Crippen LogP contribution in [0.3, 0.4) is 0 Å². The van der Waals surface area contributed by atoms with E-state index in [0.29, 0.717) is 16.7 Å². The lowest BCUT2D eigenvalue weighted by Crippen LogP contribution is -2.27. The van der Waals surface area contributed by atoms with E-state index < -0.39 is 23.0 Å². The van der Waals surface area contributed by atoms with Gasteiger partial charge in [0.25, 0.3) is 5.56 Å². The van der Waals surface area contributed by atoms with Crippen LogP contribution < -0.4 is 5.56 Å². The molecule has 0 amide bonds. The fourth-order valence-corrected chi connectivity index (χ4v) is 3.65. The number of carbonyl (C=O) groups excluding carboxylic acids is 1. The molecule has 2 aromatic heterocycles. The van der Waals surface area contributed by atoms with Crippen LogP contribution >= 0.6 is 0 Å². The molecule has 0 aliphatic heterocycles. The van der Waals surface area contributed by atoms with Gasteiger partial charge < -0.3 is 9.52 Å². The van der Waals surface area contributed by atoms with E-state index in [4.69, 9.17) is 4.42 Å². The number of fused-ring (bicyclic) bond motifs is 1. The number of aryl methyl sites for hydroxylation is 1. The van der Waals surface area contributed by atoms with Gasteiger partial charge in [-0.3, -0.25) is 14.2 Å². The highest BCUT2D eigenvalue weighted by atomic mass is 19.1. The highest BCUT2D eigenvalue weighted by Crippen LogP contribution is 2.31. The van der Waals surface area contributed by atoms with Crippen molar-refractivity contribution in [1.82, 2.24) is 4.57 Å². The summed E-state index contributed by atoms with van der Waals surface area (Å²) in [6.07, 6.45) is 0. The Morgan fingerprint density at radius 3 is 2.45 bits per heavy atom. The first kappa shape index (κ1) is 20.1. The lowest BCUT2D eigenvalue weighted by Gasteiger charge is -2.15. The van der Waals surface area contributed by atoms with E-state index in [1.54, 1.807) is 19.1 Å². The van der Waals surface area contributed by atoms with Crippen molar-refractivity contribution in [3.63, 3.8) is 0 Å². The molecule has 4 rings (SSSR count). The van der Waals surface area contributed by atoms with Crippen molar-refractivity contribution in [3.8, 4) is 11.9 Å². The van der Waals surface area contributed by atoms with Crippen molar-refractivity contribution in [2.24, 2.45) is 0 Å². The smallest absolute Gasteiger partial charge is 0.271 e. The molecule has 0 saturated heterocycles. The van der Waals surface area contributed by atoms with Gasteiger partial charge in [0.15, 0.2) is 5.76 Å². The molecule has 4 aromatic rings. The minimum atomic E-state index is -0.736. The topological polar surface area (TPSA) is 96.2 Å². The number of halogens is 1. The fourth-order valence-electron chi connectivity index (χ4n) is 3.65. The predicted octanol–water partition coefficient (Wildman–Crippen LogP) is 4.21. The number of nitriles is 1. The van der Waals surface area contributed by atoms with E-state index in [2.05, 4.69) is 0 Å². The van der Waals surface area contributed by atoms with Crippen LogP contribution in [0.5, 0.6) is 5.88 Å². The summed E-state index contributed by atoms with van der Waals surface area (Å²) in [5.74, 6) is -1.63. The second kappa shape index (κ2) is 7.58. The zero-order valence-corrected chi connectivity index (χ0v) is 16.8. The maximum Gasteiger partial charge on any atom is 0.271 e. The summed E-state index contributed by atoms with van der Waals surface area (Å²) in [7, 11) is 0. The first-order valence-electron chi connectivity index (χ1n) is 9.47. The van der Waals surface area contributed by atoms with Crippen LogP contribution in [0.25, 0.3) is 11.0 Å². The molecule has 2 aromatic carbocycles. The van der Waals surface area contributed by atoms with E-state index >= 15 is 0 Å². The Morgan fingerprint density at radius 2 is 1.81 bits per heavy atom. The number of aromatic nitrogens is 1. The van der Waals surface area contributed by atoms with Crippen molar-refractivity contribution in [3.05, 3.63) is 98.3 Å². The Kier molecular flexibility index (Phi) is 4.91. The van der Waals surface area contributed by atoms with Gasteiger partial charge in [0, 0.05) is 10.9 Å². The molecule has 0 aliphatic rings. The summed E-state index contributed by atoms with van der Waals surface area (Å²) in [6.45, 7) is 3.03. The number of rotatable bonds is 4. The van der Waals surface area contributed by atoms with Crippen molar-refractivity contribution >= 4 is 16.8 Å². The van der Waals surface area contributed by atoms with Gasteiger partial charge in [-0.2, -0.15) is 5.26 Å². The molecule has 2 heterocycles. The van der Waals surface area contributed by atoms with Crippen LogP contribution in [0, 0.1) is 31.0 Å². The Bertz CT molecular complexity index is 1440. The molecular formula is C24H17FN2O4. The predicted molar refractivity (Wildman–Crippen MR) is 112 cm³/mol. The molecule has 0 bridgehead atoms. The van der Waals surface area contributed by atoms with Crippen molar-refractivity contribution in [1.29, 1.82) is 5.26 Å². The Labute approximate surface area is 176 Å². The van der Waals surface area contributed by atoms with Gasteiger partial charge in [-0.05, 0) is 43.2 Å². The average Bonchev–Trinajstić information content (AvgIpc) is 3.09. The SMILES string of the molecule is Cc1c(C(=O)c2oc3ccccc3c2C)c(O)n(Cc2ccc(F)cc2)c(=O)c1C#N. The summed E-state index contributed by atoms with van der Waals surface area (Å²) >= 11 is 0. The van der Waals surface area contributed by atoms with E-state index in [9.17, 15) is 24.3 Å². The summed E-state index contributed by atoms with van der Waals surface area (Å²) in [5, 5.41) is 21.2. The fraction of sp³-hybridized carbons (Fsp3) is 0.125. The summed E-state index contributed by atoms with van der Waals surface area (Å²) in [5.41, 5.74) is 0.530. The number of hydrogen-bond donors (Lipinski definition) is 1. The average molecular weight is 416 g/mol. The summed E-state index contributed by atoms with van der Waals surface area (Å²) < 4.78 is 19.9. The first-order chi connectivity index (χ1) is 14.8. The van der Waals surface area contributed by atoms with Gasteiger partial charge in [0.05, 0.1) is 12.1 Å². The molecule has 0 spiro atoms. The zero-order valence-electron chi connectivity index (χ0n) is 16.8. The van der Waals surface area contributed by atoms with Crippen LogP contribution in [0.15, 0.2) is 57.7 Å². The van der Waals surface area contributed by atoms with Crippen LogP contribution in [-0.2, 0) is 6.54 Å². The number of benzene rings is 2. The molecule has 0 aliphatic carbocycles. The number of carbonyl (C=O) groups is 1. The second-order valence-electron chi connectivity index (χ2n) is 7.21. The van der Waals surface area contributed by atoms with E-state index in [-0.39, 0.29) is 29.0 Å². The van der Waals surface area contributed by atoms with Gasteiger partial charge in [-0.15, -0.1) is 0 Å². The van der Waals surface area contributed by atoms with E-state index in [0.717, 1.165) is 9.95 Å². The number of furan rings is 1. The lowest BCUT2D eigenvalue weighted by atomic mass is 9.98. The lowest BCUT2D eigenvalue weighted by molar-refractivity contribution is 0.101.